The van der Waals surface area contributed by atoms with Crippen molar-refractivity contribution in [3.8, 4) is 0 Å². The van der Waals surface area contributed by atoms with Gasteiger partial charge in [-0.1, -0.05) is 61.3 Å². The zero-order valence-electron chi connectivity index (χ0n) is 11.7. The monoisotopic (exact) mass is 331 g/mol. The Labute approximate surface area is 125 Å². The van der Waals surface area contributed by atoms with Crippen molar-refractivity contribution < 1.29 is 0 Å². The van der Waals surface area contributed by atoms with Gasteiger partial charge in [-0.15, -0.1) is 0 Å². The molecule has 0 bridgehead atoms. The van der Waals surface area contributed by atoms with Crippen molar-refractivity contribution >= 4 is 27.5 Å². The maximum absolute atomic E-state index is 6.29. The molecule has 0 aromatic heterocycles. The molecule has 3 heteroatoms. The average molecular weight is 333 g/mol. The molecule has 0 atom stereocenters. The highest BCUT2D eigenvalue weighted by molar-refractivity contribution is 9.10. The van der Waals surface area contributed by atoms with Gasteiger partial charge in [-0.25, -0.2) is 0 Å². The van der Waals surface area contributed by atoms with E-state index in [2.05, 4.69) is 60.7 Å². The van der Waals surface area contributed by atoms with Crippen molar-refractivity contribution in [3.05, 3.63) is 33.3 Å². The molecule has 0 spiro atoms. The number of hydrogen-bond acceptors (Lipinski definition) is 1. The van der Waals surface area contributed by atoms with E-state index >= 15 is 0 Å². The smallest absolute Gasteiger partial charge is 0.0462 e. The van der Waals surface area contributed by atoms with Gasteiger partial charge in [0.15, 0.2) is 0 Å². The van der Waals surface area contributed by atoms with Gasteiger partial charge in [0.1, 0.15) is 0 Å². The zero-order valence-corrected chi connectivity index (χ0v) is 14.1. The maximum Gasteiger partial charge on any atom is 0.0462 e. The summed E-state index contributed by atoms with van der Waals surface area (Å²) in [4.78, 5) is 2.49. The summed E-state index contributed by atoms with van der Waals surface area (Å²) in [5, 5.41) is 0.849. The summed E-state index contributed by atoms with van der Waals surface area (Å²) in [6.07, 6.45) is 0. The van der Waals surface area contributed by atoms with Crippen LogP contribution < -0.4 is 0 Å². The first-order valence-corrected chi connectivity index (χ1v) is 7.72. The van der Waals surface area contributed by atoms with E-state index in [-0.39, 0.29) is 0 Å². The Morgan fingerprint density at radius 1 is 1.11 bits per heavy atom. The fourth-order valence-corrected chi connectivity index (χ4v) is 2.86. The van der Waals surface area contributed by atoms with Crippen LogP contribution in [0.1, 0.15) is 33.3 Å². The lowest BCUT2D eigenvalue weighted by atomic mass is 10.1. The van der Waals surface area contributed by atoms with Crippen LogP contribution in [0.2, 0.25) is 5.02 Å². The van der Waals surface area contributed by atoms with Crippen LogP contribution in [0, 0.1) is 11.8 Å². The van der Waals surface area contributed by atoms with E-state index in [9.17, 15) is 0 Å². The number of halogens is 2. The van der Waals surface area contributed by atoms with E-state index in [4.69, 9.17) is 11.6 Å². The van der Waals surface area contributed by atoms with Gasteiger partial charge >= 0.3 is 0 Å². The Morgan fingerprint density at radius 3 is 2.11 bits per heavy atom. The third kappa shape index (κ3) is 5.73. The van der Waals surface area contributed by atoms with Crippen LogP contribution in [-0.4, -0.2) is 18.0 Å². The Morgan fingerprint density at radius 2 is 1.67 bits per heavy atom. The molecule has 0 radical (unpaired) electrons. The summed E-state index contributed by atoms with van der Waals surface area (Å²) in [6.45, 7) is 12.2. The topological polar surface area (TPSA) is 3.24 Å². The molecule has 1 aromatic rings. The second-order valence-electron chi connectivity index (χ2n) is 5.72. The first-order chi connectivity index (χ1) is 8.38. The van der Waals surface area contributed by atoms with Gasteiger partial charge in [-0.2, -0.15) is 0 Å². The predicted octanol–water partition coefficient (Wildman–Crippen LogP) is 5.22. The van der Waals surface area contributed by atoms with Gasteiger partial charge in [0.25, 0.3) is 0 Å². The van der Waals surface area contributed by atoms with E-state index in [1.54, 1.807) is 0 Å². The predicted molar refractivity (Wildman–Crippen MR) is 84.1 cm³/mol. The quantitative estimate of drug-likeness (QED) is 0.690. The van der Waals surface area contributed by atoms with Crippen molar-refractivity contribution in [1.29, 1.82) is 0 Å². The average Bonchev–Trinajstić information content (AvgIpc) is 2.20. The third-order valence-electron chi connectivity index (χ3n) is 2.66. The summed E-state index contributed by atoms with van der Waals surface area (Å²) in [7, 11) is 0. The summed E-state index contributed by atoms with van der Waals surface area (Å²) < 4.78 is 1.04. The van der Waals surface area contributed by atoms with E-state index in [0.29, 0.717) is 11.8 Å². The molecular weight excluding hydrogens is 310 g/mol. The molecule has 1 rings (SSSR count). The minimum atomic E-state index is 0.679. The molecule has 0 fully saturated rings. The second-order valence-corrected chi connectivity index (χ2v) is 7.04. The molecule has 0 aliphatic rings. The Kier molecular flexibility index (Phi) is 6.68. The van der Waals surface area contributed by atoms with Crippen molar-refractivity contribution in [2.45, 2.75) is 34.2 Å². The van der Waals surface area contributed by atoms with Crippen molar-refractivity contribution in [3.63, 3.8) is 0 Å². The lowest BCUT2D eigenvalue weighted by Crippen LogP contribution is -2.31. The van der Waals surface area contributed by atoms with E-state index < -0.39 is 0 Å². The highest BCUT2D eigenvalue weighted by atomic mass is 79.9. The Hall–Kier alpha value is -0.0500. The van der Waals surface area contributed by atoms with Crippen LogP contribution in [0.25, 0.3) is 0 Å². The van der Waals surface area contributed by atoms with Crippen LogP contribution >= 0.6 is 27.5 Å². The number of nitrogens with zero attached hydrogens (tertiary/aromatic N) is 1. The van der Waals surface area contributed by atoms with Crippen LogP contribution in [0.15, 0.2) is 22.7 Å². The maximum atomic E-state index is 6.29. The molecule has 0 aliphatic heterocycles. The molecule has 1 aromatic carbocycles. The lowest BCUT2D eigenvalue weighted by molar-refractivity contribution is 0.211. The van der Waals surface area contributed by atoms with Gasteiger partial charge in [0.05, 0.1) is 0 Å². The largest absolute Gasteiger partial charge is 0.299 e. The van der Waals surface area contributed by atoms with Gasteiger partial charge in [0, 0.05) is 29.1 Å². The van der Waals surface area contributed by atoms with Crippen molar-refractivity contribution in [2.75, 3.05) is 13.1 Å². The molecule has 0 amide bonds. The van der Waals surface area contributed by atoms with E-state index in [1.807, 2.05) is 6.07 Å². The van der Waals surface area contributed by atoms with Crippen LogP contribution in [-0.2, 0) is 6.54 Å². The fraction of sp³-hybridized carbons (Fsp3) is 0.600. The van der Waals surface area contributed by atoms with E-state index in [1.165, 1.54) is 5.56 Å². The van der Waals surface area contributed by atoms with Crippen molar-refractivity contribution in [1.82, 2.24) is 4.90 Å². The van der Waals surface area contributed by atoms with Crippen LogP contribution in [0.4, 0.5) is 0 Å². The molecule has 0 saturated heterocycles. The standard InChI is InChI=1S/C15H23BrClN/c1-11(2)8-18(9-12(3)4)10-13-5-6-14(16)7-15(13)17/h5-7,11-12H,8-10H2,1-4H3. The summed E-state index contributed by atoms with van der Waals surface area (Å²) in [5.74, 6) is 1.36. The van der Waals surface area contributed by atoms with Gasteiger partial charge in [-0.3, -0.25) is 4.90 Å². The minimum absolute atomic E-state index is 0.679. The van der Waals surface area contributed by atoms with Gasteiger partial charge < -0.3 is 0 Å². The van der Waals surface area contributed by atoms with Crippen molar-refractivity contribution in [2.24, 2.45) is 11.8 Å². The molecule has 0 heterocycles. The van der Waals surface area contributed by atoms with Gasteiger partial charge in [0.2, 0.25) is 0 Å². The normalized spacial score (nSPS) is 11.8. The molecule has 0 N–H and O–H groups in total. The first-order valence-electron chi connectivity index (χ1n) is 6.54. The molecular formula is C15H23BrClN. The van der Waals surface area contributed by atoms with Crippen LogP contribution in [0.5, 0.6) is 0 Å². The molecule has 18 heavy (non-hydrogen) atoms. The fourth-order valence-electron chi connectivity index (χ4n) is 2.13. The Balaban J connectivity index is 2.75. The lowest BCUT2D eigenvalue weighted by Gasteiger charge is -2.26. The Bertz CT molecular complexity index is 367. The molecule has 0 saturated carbocycles. The highest BCUT2D eigenvalue weighted by Gasteiger charge is 2.12. The van der Waals surface area contributed by atoms with Gasteiger partial charge in [-0.05, 0) is 29.5 Å². The second kappa shape index (κ2) is 7.52. The summed E-state index contributed by atoms with van der Waals surface area (Å²) in [5.41, 5.74) is 1.21. The summed E-state index contributed by atoms with van der Waals surface area (Å²) in [6, 6.07) is 6.14. The number of hydrogen-bond donors (Lipinski definition) is 0. The van der Waals surface area contributed by atoms with E-state index in [0.717, 1.165) is 29.1 Å². The minimum Gasteiger partial charge on any atom is -0.299 e. The zero-order chi connectivity index (χ0) is 13.7. The molecule has 0 aliphatic carbocycles. The summed E-state index contributed by atoms with van der Waals surface area (Å²) >= 11 is 9.74. The first kappa shape index (κ1) is 16.0. The third-order valence-corrected chi connectivity index (χ3v) is 3.50. The highest BCUT2D eigenvalue weighted by Crippen LogP contribution is 2.23. The molecule has 102 valence electrons. The molecule has 1 nitrogen and oxygen atoms in total. The number of benzene rings is 1. The SMILES string of the molecule is CC(C)CN(Cc1ccc(Br)cc1Cl)CC(C)C. The number of rotatable bonds is 6. The van der Waals surface area contributed by atoms with Crippen LogP contribution in [0.3, 0.4) is 0 Å². The molecule has 0 unspecified atom stereocenters.